The van der Waals surface area contributed by atoms with E-state index in [0.29, 0.717) is 17.1 Å². The molecule has 0 aliphatic rings. The second-order valence-electron chi connectivity index (χ2n) is 3.65. The number of anilines is 1. The highest BCUT2D eigenvalue weighted by atomic mass is 79.9. The fraction of sp³-hybridized carbons (Fsp3) is 0.0769. The second kappa shape index (κ2) is 6.04. The van der Waals surface area contributed by atoms with E-state index in [2.05, 4.69) is 37.2 Å². The molecular weight excluding hydrogens is 384 g/mol. The van der Waals surface area contributed by atoms with Gasteiger partial charge in [-0.1, -0.05) is 23.7 Å². The van der Waals surface area contributed by atoms with E-state index in [4.69, 9.17) is 11.6 Å². The second-order valence-corrected chi connectivity index (χ2v) is 5.77. The van der Waals surface area contributed by atoms with E-state index in [1.54, 1.807) is 12.1 Å². The smallest absolute Gasteiger partial charge is 0.129 e. The molecular formula is C13H9Br2ClFN. The zero-order valence-electron chi connectivity index (χ0n) is 9.18. The first-order valence-corrected chi connectivity index (χ1v) is 7.17. The molecule has 0 aromatic heterocycles. The third-order valence-electron chi connectivity index (χ3n) is 2.47. The van der Waals surface area contributed by atoms with Crippen LogP contribution in [0.3, 0.4) is 0 Å². The van der Waals surface area contributed by atoms with Gasteiger partial charge in [0, 0.05) is 26.1 Å². The minimum Gasteiger partial charge on any atom is -0.379 e. The molecule has 0 radical (unpaired) electrons. The maximum absolute atomic E-state index is 13.6. The van der Waals surface area contributed by atoms with Crippen molar-refractivity contribution in [2.75, 3.05) is 5.32 Å². The molecule has 1 N–H and O–H groups in total. The molecule has 0 spiro atoms. The average molecular weight is 393 g/mol. The Labute approximate surface area is 127 Å². The molecule has 5 heteroatoms. The molecule has 2 aromatic rings. The summed E-state index contributed by atoms with van der Waals surface area (Å²) in [5.41, 5.74) is 1.33. The van der Waals surface area contributed by atoms with E-state index in [0.717, 1.165) is 14.6 Å². The summed E-state index contributed by atoms with van der Waals surface area (Å²) in [6.45, 7) is 0.326. The number of benzene rings is 2. The Bertz CT molecular complexity index is 483. The summed E-state index contributed by atoms with van der Waals surface area (Å²) < 4.78 is 15.4. The lowest BCUT2D eigenvalue weighted by atomic mass is 10.2. The third-order valence-corrected chi connectivity index (χ3v) is 4.14. The highest BCUT2D eigenvalue weighted by Gasteiger charge is 2.09. The van der Waals surface area contributed by atoms with Crippen molar-refractivity contribution in [1.29, 1.82) is 0 Å². The number of para-hydroxylation sites is 1. The normalized spacial score (nSPS) is 10.4. The van der Waals surface area contributed by atoms with Crippen LogP contribution in [0.25, 0.3) is 0 Å². The van der Waals surface area contributed by atoms with Gasteiger partial charge in [-0.25, -0.2) is 4.39 Å². The molecule has 1 nitrogen and oxygen atoms in total. The predicted molar refractivity (Wildman–Crippen MR) is 80.6 cm³/mol. The summed E-state index contributed by atoms with van der Waals surface area (Å²) in [6.07, 6.45) is 0. The summed E-state index contributed by atoms with van der Waals surface area (Å²) in [5.74, 6) is -0.307. The van der Waals surface area contributed by atoms with E-state index in [9.17, 15) is 4.39 Å². The maximum atomic E-state index is 13.6. The number of rotatable bonds is 3. The molecule has 94 valence electrons. The van der Waals surface area contributed by atoms with Crippen LogP contribution in [0.2, 0.25) is 5.02 Å². The molecule has 0 bridgehead atoms. The fourth-order valence-electron chi connectivity index (χ4n) is 1.54. The van der Waals surface area contributed by atoms with E-state index in [-0.39, 0.29) is 5.82 Å². The third kappa shape index (κ3) is 3.05. The van der Waals surface area contributed by atoms with Crippen LogP contribution in [-0.2, 0) is 6.54 Å². The number of nitrogens with one attached hydrogen (secondary N) is 1. The number of halogens is 4. The van der Waals surface area contributed by atoms with Crippen molar-refractivity contribution >= 4 is 49.1 Å². The average Bonchev–Trinajstić information content (AvgIpc) is 2.31. The van der Waals surface area contributed by atoms with Gasteiger partial charge in [0.25, 0.3) is 0 Å². The van der Waals surface area contributed by atoms with Gasteiger partial charge in [-0.3, -0.25) is 0 Å². The van der Waals surface area contributed by atoms with Gasteiger partial charge in [-0.05, 0) is 56.1 Å². The van der Waals surface area contributed by atoms with Crippen molar-refractivity contribution in [3.63, 3.8) is 0 Å². The van der Waals surface area contributed by atoms with Crippen molar-refractivity contribution in [2.24, 2.45) is 0 Å². The lowest BCUT2D eigenvalue weighted by molar-refractivity contribution is 0.613. The highest BCUT2D eigenvalue weighted by molar-refractivity contribution is 9.11. The first kappa shape index (κ1) is 13.8. The lowest BCUT2D eigenvalue weighted by Crippen LogP contribution is -2.03. The summed E-state index contributed by atoms with van der Waals surface area (Å²) in [5, 5.41) is 3.58. The number of hydrogen-bond acceptors (Lipinski definition) is 1. The van der Waals surface area contributed by atoms with Crippen LogP contribution in [0.15, 0.2) is 45.3 Å². The van der Waals surface area contributed by atoms with Crippen LogP contribution < -0.4 is 5.32 Å². The molecule has 2 aromatic carbocycles. The standard InChI is InChI=1S/C13H9Br2ClFN/c14-9-3-1-4-10(15)13(9)18-7-8-11(16)5-2-6-12(8)17/h1-6,18H,7H2. The Morgan fingerprint density at radius 2 is 1.67 bits per heavy atom. The first-order chi connectivity index (χ1) is 8.59. The van der Waals surface area contributed by atoms with Crippen LogP contribution in [0.1, 0.15) is 5.56 Å². The van der Waals surface area contributed by atoms with Crippen LogP contribution in [0, 0.1) is 5.82 Å². The van der Waals surface area contributed by atoms with Gasteiger partial charge in [0.05, 0.1) is 5.69 Å². The Morgan fingerprint density at radius 3 is 2.28 bits per heavy atom. The number of hydrogen-bond donors (Lipinski definition) is 1. The Hall–Kier alpha value is -0.580. The summed E-state index contributed by atoms with van der Waals surface area (Å²) in [4.78, 5) is 0. The zero-order valence-corrected chi connectivity index (χ0v) is 13.1. The molecule has 0 unspecified atom stereocenters. The zero-order chi connectivity index (χ0) is 13.1. The largest absolute Gasteiger partial charge is 0.379 e. The van der Waals surface area contributed by atoms with Gasteiger partial charge < -0.3 is 5.32 Å². The van der Waals surface area contributed by atoms with Crippen LogP contribution in [0.4, 0.5) is 10.1 Å². The Kier molecular flexibility index (Phi) is 4.65. The molecule has 0 fully saturated rings. The molecule has 2 rings (SSSR count). The van der Waals surface area contributed by atoms with Crippen molar-refractivity contribution in [3.05, 3.63) is 61.7 Å². The van der Waals surface area contributed by atoms with Gasteiger partial charge in [0.15, 0.2) is 0 Å². The van der Waals surface area contributed by atoms with Gasteiger partial charge >= 0.3 is 0 Å². The van der Waals surface area contributed by atoms with Crippen molar-refractivity contribution in [1.82, 2.24) is 0 Å². The molecule has 0 saturated carbocycles. The topological polar surface area (TPSA) is 12.0 Å². The quantitative estimate of drug-likeness (QED) is 0.714. The van der Waals surface area contributed by atoms with Crippen LogP contribution in [-0.4, -0.2) is 0 Å². The van der Waals surface area contributed by atoms with Crippen molar-refractivity contribution < 1.29 is 4.39 Å². The van der Waals surface area contributed by atoms with E-state index < -0.39 is 0 Å². The monoisotopic (exact) mass is 391 g/mol. The van der Waals surface area contributed by atoms with E-state index in [1.165, 1.54) is 6.07 Å². The maximum Gasteiger partial charge on any atom is 0.129 e. The predicted octanol–water partition coefficient (Wildman–Crippen LogP) is 5.62. The van der Waals surface area contributed by atoms with Gasteiger partial charge in [-0.15, -0.1) is 0 Å². The summed E-state index contributed by atoms with van der Waals surface area (Å²) in [6, 6.07) is 10.4. The molecule has 0 atom stereocenters. The Balaban J connectivity index is 2.22. The minimum absolute atomic E-state index is 0.307. The fourth-order valence-corrected chi connectivity index (χ4v) is 3.05. The summed E-state index contributed by atoms with van der Waals surface area (Å²) in [7, 11) is 0. The molecule has 0 aliphatic heterocycles. The first-order valence-electron chi connectivity index (χ1n) is 5.20. The summed E-state index contributed by atoms with van der Waals surface area (Å²) >= 11 is 12.8. The van der Waals surface area contributed by atoms with Crippen molar-refractivity contribution in [2.45, 2.75) is 6.54 Å². The highest BCUT2D eigenvalue weighted by Crippen LogP contribution is 2.31. The van der Waals surface area contributed by atoms with E-state index >= 15 is 0 Å². The van der Waals surface area contributed by atoms with Crippen LogP contribution >= 0.6 is 43.5 Å². The lowest BCUT2D eigenvalue weighted by Gasteiger charge is -2.12. The van der Waals surface area contributed by atoms with Gasteiger partial charge in [-0.2, -0.15) is 0 Å². The molecule has 0 heterocycles. The van der Waals surface area contributed by atoms with Crippen molar-refractivity contribution in [3.8, 4) is 0 Å². The molecule has 18 heavy (non-hydrogen) atoms. The minimum atomic E-state index is -0.307. The SMILES string of the molecule is Fc1cccc(Cl)c1CNc1c(Br)cccc1Br. The molecule has 0 amide bonds. The van der Waals surface area contributed by atoms with E-state index in [1.807, 2.05) is 18.2 Å². The van der Waals surface area contributed by atoms with Crippen LogP contribution in [0.5, 0.6) is 0 Å². The molecule has 0 aliphatic carbocycles. The van der Waals surface area contributed by atoms with Gasteiger partial charge in [0.1, 0.15) is 5.82 Å². The Morgan fingerprint density at radius 1 is 1.06 bits per heavy atom. The molecule has 0 saturated heterocycles. The van der Waals surface area contributed by atoms with Gasteiger partial charge in [0.2, 0.25) is 0 Å².